The van der Waals surface area contributed by atoms with E-state index in [0.717, 1.165) is 24.2 Å². The first-order valence-electron chi connectivity index (χ1n) is 23.1. The molecule has 13 rings (SSSR count). The average molecular weight is 820 g/mol. The van der Waals surface area contributed by atoms with Gasteiger partial charge in [0.25, 0.3) is 0 Å². The Bertz CT molecular complexity index is 3400. The van der Waals surface area contributed by atoms with Crippen LogP contribution in [-0.4, -0.2) is 0 Å². The number of aryl methyl sites for hydroxylation is 1. The van der Waals surface area contributed by atoms with Crippen molar-refractivity contribution in [2.45, 2.75) is 56.8 Å². The van der Waals surface area contributed by atoms with Gasteiger partial charge in [-0.25, -0.2) is 0 Å². The van der Waals surface area contributed by atoms with E-state index in [0.29, 0.717) is 0 Å². The largest absolute Gasteiger partial charge is 0.310 e. The number of anilines is 3. The summed E-state index contributed by atoms with van der Waals surface area (Å²) in [7, 11) is 0. The summed E-state index contributed by atoms with van der Waals surface area (Å²) in [5.41, 5.74) is 27.5. The monoisotopic (exact) mass is 819 g/mol. The van der Waals surface area contributed by atoms with Gasteiger partial charge in [-0.1, -0.05) is 191 Å². The molecule has 0 aliphatic heterocycles. The zero-order chi connectivity index (χ0) is 43.0. The van der Waals surface area contributed by atoms with Gasteiger partial charge in [-0.3, -0.25) is 0 Å². The van der Waals surface area contributed by atoms with E-state index in [1.807, 2.05) is 0 Å². The lowest BCUT2D eigenvalue weighted by Gasteiger charge is -2.32. The fourth-order valence-corrected chi connectivity index (χ4v) is 12.8. The molecule has 0 saturated carbocycles. The normalized spacial score (nSPS) is 17.2. The zero-order valence-electron chi connectivity index (χ0n) is 36.9. The Hall–Kier alpha value is -7.22. The SMILES string of the molecule is CC1(C)c2ccccc2-c2ccc(-c3ccccc3N(c3ccc(-c4cccc5c4C(C)(C)c4ccccc4-5)cc3)c3ccc4c(c3)C3(CCc5ccccc53)c3ccccc3-4)cc21. The summed E-state index contributed by atoms with van der Waals surface area (Å²) in [4.78, 5) is 2.53. The Balaban J connectivity index is 1.00. The topological polar surface area (TPSA) is 3.24 Å². The van der Waals surface area contributed by atoms with Gasteiger partial charge in [0, 0.05) is 33.2 Å². The van der Waals surface area contributed by atoms with Crippen LogP contribution in [0.5, 0.6) is 0 Å². The van der Waals surface area contributed by atoms with Crippen molar-refractivity contribution in [3.63, 3.8) is 0 Å². The van der Waals surface area contributed by atoms with Gasteiger partial charge in [0.15, 0.2) is 0 Å². The molecule has 0 N–H and O–H groups in total. The van der Waals surface area contributed by atoms with Crippen molar-refractivity contribution in [2.24, 2.45) is 0 Å². The molecule has 0 saturated heterocycles. The number of hydrogen-bond donors (Lipinski definition) is 0. The highest BCUT2D eigenvalue weighted by Gasteiger charge is 2.48. The number of fused-ring (bicyclic) bond motifs is 13. The van der Waals surface area contributed by atoms with Crippen molar-refractivity contribution in [1.82, 2.24) is 0 Å². The third-order valence-corrected chi connectivity index (χ3v) is 15.7. The summed E-state index contributed by atoms with van der Waals surface area (Å²) in [5.74, 6) is 0. The Kier molecular flexibility index (Phi) is 7.82. The van der Waals surface area contributed by atoms with Crippen LogP contribution < -0.4 is 4.90 Å². The summed E-state index contributed by atoms with van der Waals surface area (Å²) < 4.78 is 0. The maximum absolute atomic E-state index is 2.54. The molecule has 1 nitrogen and oxygen atoms in total. The summed E-state index contributed by atoms with van der Waals surface area (Å²) >= 11 is 0. The molecule has 64 heavy (non-hydrogen) atoms. The fraction of sp³-hybridized carbons (Fsp3) is 0.143. The minimum Gasteiger partial charge on any atom is -0.310 e. The second-order valence-electron chi connectivity index (χ2n) is 19.6. The molecule has 0 aromatic heterocycles. The summed E-state index contributed by atoms with van der Waals surface area (Å²) in [6.07, 6.45) is 2.14. The molecule has 1 unspecified atom stereocenters. The van der Waals surface area contributed by atoms with Crippen LogP contribution in [0.25, 0.3) is 55.6 Å². The van der Waals surface area contributed by atoms with Crippen LogP contribution in [-0.2, 0) is 22.7 Å². The van der Waals surface area contributed by atoms with Crippen LogP contribution in [0.4, 0.5) is 17.1 Å². The minimum absolute atomic E-state index is 0.0964. The van der Waals surface area contributed by atoms with Crippen LogP contribution >= 0.6 is 0 Å². The zero-order valence-corrected chi connectivity index (χ0v) is 36.9. The smallest absolute Gasteiger partial charge is 0.0540 e. The summed E-state index contributed by atoms with van der Waals surface area (Å²) in [6, 6.07) is 76.0. The molecule has 1 heteroatoms. The molecule has 0 amide bonds. The molecule has 1 atom stereocenters. The van der Waals surface area contributed by atoms with Crippen LogP contribution in [0, 0.1) is 0 Å². The Labute approximate surface area is 377 Å². The van der Waals surface area contributed by atoms with E-state index in [1.54, 1.807) is 0 Å². The maximum Gasteiger partial charge on any atom is 0.0540 e. The van der Waals surface area contributed by atoms with E-state index in [2.05, 4.69) is 233 Å². The van der Waals surface area contributed by atoms with Crippen LogP contribution in [0.3, 0.4) is 0 Å². The third kappa shape index (κ3) is 5.01. The number of benzene rings is 9. The highest BCUT2D eigenvalue weighted by Crippen LogP contribution is 2.60. The Morgan fingerprint density at radius 3 is 1.62 bits per heavy atom. The fourth-order valence-electron chi connectivity index (χ4n) is 12.8. The van der Waals surface area contributed by atoms with E-state index in [9.17, 15) is 0 Å². The highest BCUT2D eigenvalue weighted by molar-refractivity contribution is 5.94. The molecule has 0 heterocycles. The Morgan fingerprint density at radius 1 is 0.344 bits per heavy atom. The number of para-hydroxylation sites is 1. The van der Waals surface area contributed by atoms with E-state index in [-0.39, 0.29) is 16.2 Å². The molecule has 1 spiro atoms. The van der Waals surface area contributed by atoms with Crippen LogP contribution in [0.1, 0.15) is 78.6 Å². The molecule has 306 valence electrons. The van der Waals surface area contributed by atoms with Crippen molar-refractivity contribution >= 4 is 17.1 Å². The number of rotatable bonds is 5. The van der Waals surface area contributed by atoms with E-state index >= 15 is 0 Å². The molecule has 0 bridgehead atoms. The molecule has 4 aliphatic carbocycles. The first-order valence-corrected chi connectivity index (χ1v) is 23.1. The lowest BCUT2D eigenvalue weighted by atomic mass is 9.73. The van der Waals surface area contributed by atoms with Gasteiger partial charge in [0.2, 0.25) is 0 Å². The summed E-state index contributed by atoms with van der Waals surface area (Å²) in [5, 5.41) is 0. The van der Waals surface area contributed by atoms with Crippen molar-refractivity contribution in [2.75, 3.05) is 4.90 Å². The molecule has 9 aromatic carbocycles. The van der Waals surface area contributed by atoms with Crippen LogP contribution in [0.15, 0.2) is 200 Å². The van der Waals surface area contributed by atoms with Gasteiger partial charge in [0.05, 0.1) is 5.69 Å². The molecule has 4 aliphatic rings. The minimum atomic E-state index is -0.188. The third-order valence-electron chi connectivity index (χ3n) is 15.7. The van der Waals surface area contributed by atoms with Gasteiger partial charge < -0.3 is 4.90 Å². The number of hydrogen-bond acceptors (Lipinski definition) is 1. The van der Waals surface area contributed by atoms with E-state index in [1.165, 1.54) is 106 Å². The van der Waals surface area contributed by atoms with E-state index in [4.69, 9.17) is 0 Å². The van der Waals surface area contributed by atoms with Crippen molar-refractivity contribution in [3.05, 3.63) is 245 Å². The van der Waals surface area contributed by atoms with Gasteiger partial charge in [-0.2, -0.15) is 0 Å². The lowest BCUT2D eigenvalue weighted by molar-refractivity contribution is 0.626. The quantitative estimate of drug-likeness (QED) is 0.167. The predicted molar refractivity (Wildman–Crippen MR) is 267 cm³/mol. The molecule has 0 radical (unpaired) electrons. The van der Waals surface area contributed by atoms with Crippen LogP contribution in [0.2, 0.25) is 0 Å². The second kappa shape index (κ2) is 13.4. The molecule has 9 aromatic rings. The van der Waals surface area contributed by atoms with Crippen molar-refractivity contribution in [1.29, 1.82) is 0 Å². The first kappa shape index (κ1) is 37.3. The number of nitrogens with zero attached hydrogens (tertiary/aromatic N) is 1. The van der Waals surface area contributed by atoms with Crippen molar-refractivity contribution < 1.29 is 0 Å². The molecular weight excluding hydrogens is 771 g/mol. The first-order chi connectivity index (χ1) is 31.2. The van der Waals surface area contributed by atoms with Crippen molar-refractivity contribution in [3.8, 4) is 55.6 Å². The molecular formula is C63H49N. The summed E-state index contributed by atoms with van der Waals surface area (Å²) in [6.45, 7) is 9.52. The maximum atomic E-state index is 2.54. The van der Waals surface area contributed by atoms with E-state index < -0.39 is 0 Å². The van der Waals surface area contributed by atoms with Gasteiger partial charge >= 0.3 is 0 Å². The predicted octanol–water partition coefficient (Wildman–Crippen LogP) is 16.4. The molecule has 0 fully saturated rings. The standard InChI is InChI=1S/C63H49N/c1-61(2)54-24-11-6-18-47(54)50-34-30-42(38-57(50)61)45-17-9-14-27-59(45)64(43-31-28-40(29-32-43)46-21-15-22-52-49-20-7-12-25-55(49)62(3,4)60(46)52)44-33-35-51-48-19-8-13-26-56(48)63(58(51)39-44)37-36-41-16-5-10-23-53(41)63/h5-35,38-39H,36-37H2,1-4H3. The van der Waals surface area contributed by atoms with Gasteiger partial charge in [0.1, 0.15) is 0 Å². The highest BCUT2D eigenvalue weighted by atomic mass is 15.1. The van der Waals surface area contributed by atoms with Gasteiger partial charge in [-0.15, -0.1) is 0 Å². The Morgan fingerprint density at radius 2 is 0.859 bits per heavy atom. The van der Waals surface area contributed by atoms with Gasteiger partial charge in [-0.05, 0) is 144 Å². The average Bonchev–Trinajstić information content (AvgIpc) is 4.01. The lowest BCUT2D eigenvalue weighted by Crippen LogP contribution is -2.24. The second-order valence-corrected chi connectivity index (χ2v) is 19.6.